The van der Waals surface area contributed by atoms with Gasteiger partial charge in [-0.25, -0.2) is 8.42 Å². The second kappa shape index (κ2) is 7.61. The molecule has 1 aliphatic heterocycles. The second-order valence-corrected chi connectivity index (χ2v) is 8.57. The number of piperazine rings is 1. The molecule has 0 amide bonds. The third-order valence-corrected chi connectivity index (χ3v) is 6.68. The Morgan fingerprint density at radius 2 is 1.63 bits per heavy atom. The zero-order valence-electron chi connectivity index (χ0n) is 14.9. The van der Waals surface area contributed by atoms with Crippen molar-refractivity contribution in [2.45, 2.75) is 24.5 Å². The van der Waals surface area contributed by atoms with Crippen molar-refractivity contribution in [1.29, 1.82) is 0 Å². The maximum absolute atomic E-state index is 12.9. The lowest BCUT2D eigenvalue weighted by molar-refractivity contribution is -0.137. The number of alkyl halides is 3. The highest BCUT2D eigenvalue weighted by Crippen LogP contribution is 2.31. The lowest BCUT2D eigenvalue weighted by Gasteiger charge is -2.34. The van der Waals surface area contributed by atoms with Crippen molar-refractivity contribution in [3.63, 3.8) is 0 Å². The normalized spacial score (nSPS) is 17.2. The molecule has 1 aliphatic rings. The number of sulfonamides is 1. The van der Waals surface area contributed by atoms with Crippen LogP contribution in [-0.4, -0.2) is 43.8 Å². The van der Waals surface area contributed by atoms with Gasteiger partial charge in [0.05, 0.1) is 10.5 Å². The van der Waals surface area contributed by atoms with Crippen molar-refractivity contribution >= 4 is 10.0 Å². The van der Waals surface area contributed by atoms with Gasteiger partial charge in [0.25, 0.3) is 0 Å². The maximum atomic E-state index is 12.9. The Bertz CT molecular complexity index is 905. The van der Waals surface area contributed by atoms with E-state index in [4.69, 9.17) is 0 Å². The van der Waals surface area contributed by atoms with E-state index in [-0.39, 0.29) is 18.0 Å². The number of halogens is 3. The lowest BCUT2D eigenvalue weighted by Crippen LogP contribution is -2.48. The van der Waals surface area contributed by atoms with Crippen LogP contribution in [-0.2, 0) is 22.7 Å². The summed E-state index contributed by atoms with van der Waals surface area (Å²) < 4.78 is 65.3. The van der Waals surface area contributed by atoms with Crippen LogP contribution >= 0.6 is 0 Å². The summed E-state index contributed by atoms with van der Waals surface area (Å²) in [6.45, 7) is 4.34. The van der Waals surface area contributed by atoms with Crippen molar-refractivity contribution in [1.82, 2.24) is 9.21 Å². The SMILES string of the molecule is Cc1ccccc1CN1CCN(S(=O)(=O)c2cccc(C(F)(F)F)c2)CC1. The third kappa shape index (κ3) is 4.51. The monoisotopic (exact) mass is 398 g/mol. The standard InChI is InChI=1S/C19H21F3N2O2S/c1-15-5-2-3-6-16(15)14-23-9-11-24(12-10-23)27(25,26)18-8-4-7-17(13-18)19(20,21)22/h2-8,13H,9-12,14H2,1H3. The average Bonchev–Trinajstić information content (AvgIpc) is 2.63. The van der Waals surface area contributed by atoms with E-state index in [0.29, 0.717) is 19.2 Å². The average molecular weight is 398 g/mol. The molecular weight excluding hydrogens is 377 g/mol. The van der Waals surface area contributed by atoms with Crippen LogP contribution in [0.5, 0.6) is 0 Å². The molecule has 0 unspecified atom stereocenters. The van der Waals surface area contributed by atoms with Crippen LogP contribution in [0.15, 0.2) is 53.4 Å². The highest BCUT2D eigenvalue weighted by molar-refractivity contribution is 7.89. The molecule has 0 aliphatic carbocycles. The highest BCUT2D eigenvalue weighted by atomic mass is 32.2. The quantitative estimate of drug-likeness (QED) is 0.791. The molecule has 0 aromatic heterocycles. The number of rotatable bonds is 4. The molecule has 146 valence electrons. The molecule has 4 nitrogen and oxygen atoms in total. The Hall–Kier alpha value is -1.90. The van der Waals surface area contributed by atoms with Crippen molar-refractivity contribution in [2.24, 2.45) is 0 Å². The van der Waals surface area contributed by atoms with E-state index in [2.05, 4.69) is 4.90 Å². The van der Waals surface area contributed by atoms with Crippen molar-refractivity contribution in [3.05, 3.63) is 65.2 Å². The molecule has 2 aromatic rings. The molecule has 1 saturated heterocycles. The summed E-state index contributed by atoms with van der Waals surface area (Å²) in [5.41, 5.74) is 1.41. The first-order chi connectivity index (χ1) is 12.7. The van der Waals surface area contributed by atoms with Gasteiger partial charge in [-0.1, -0.05) is 30.3 Å². The predicted octanol–water partition coefficient (Wildman–Crippen LogP) is 3.52. The van der Waals surface area contributed by atoms with Gasteiger partial charge in [0.1, 0.15) is 0 Å². The van der Waals surface area contributed by atoms with Crippen LogP contribution in [0.2, 0.25) is 0 Å². The first-order valence-electron chi connectivity index (χ1n) is 8.62. The molecule has 3 rings (SSSR count). The minimum Gasteiger partial charge on any atom is -0.296 e. The van der Waals surface area contributed by atoms with Gasteiger partial charge in [0.15, 0.2) is 0 Å². The molecule has 0 saturated carbocycles. The number of nitrogens with zero attached hydrogens (tertiary/aromatic N) is 2. The fourth-order valence-corrected chi connectivity index (χ4v) is 4.61. The summed E-state index contributed by atoms with van der Waals surface area (Å²) in [6, 6.07) is 11.9. The Morgan fingerprint density at radius 1 is 0.963 bits per heavy atom. The molecule has 0 atom stereocenters. The molecule has 0 bridgehead atoms. The number of hydrogen-bond donors (Lipinski definition) is 0. The maximum Gasteiger partial charge on any atom is 0.416 e. The van der Waals surface area contributed by atoms with Crippen molar-refractivity contribution < 1.29 is 21.6 Å². The summed E-state index contributed by atoms with van der Waals surface area (Å²) in [5, 5.41) is 0. The Kier molecular flexibility index (Phi) is 5.60. The van der Waals surface area contributed by atoms with Gasteiger partial charge >= 0.3 is 6.18 Å². The van der Waals surface area contributed by atoms with E-state index in [1.165, 1.54) is 21.5 Å². The van der Waals surface area contributed by atoms with Crippen LogP contribution in [0, 0.1) is 6.92 Å². The molecule has 0 spiro atoms. The second-order valence-electron chi connectivity index (χ2n) is 6.63. The fourth-order valence-electron chi connectivity index (χ4n) is 3.14. The molecule has 0 N–H and O–H groups in total. The first kappa shape index (κ1) is 19.9. The van der Waals surface area contributed by atoms with E-state index in [0.717, 1.165) is 18.7 Å². The number of aryl methyl sites for hydroxylation is 1. The van der Waals surface area contributed by atoms with Gasteiger partial charge in [-0.05, 0) is 36.2 Å². The van der Waals surface area contributed by atoms with Crippen LogP contribution in [0.1, 0.15) is 16.7 Å². The van der Waals surface area contributed by atoms with Crippen molar-refractivity contribution in [2.75, 3.05) is 26.2 Å². The Balaban J connectivity index is 1.69. The molecule has 0 radical (unpaired) electrons. The third-order valence-electron chi connectivity index (χ3n) is 4.79. The highest BCUT2D eigenvalue weighted by Gasteiger charge is 2.34. The zero-order valence-corrected chi connectivity index (χ0v) is 15.7. The summed E-state index contributed by atoms with van der Waals surface area (Å²) in [6.07, 6.45) is -4.57. The van der Waals surface area contributed by atoms with E-state index in [1.54, 1.807) is 0 Å². The van der Waals surface area contributed by atoms with Gasteiger partial charge in [-0.3, -0.25) is 4.90 Å². The van der Waals surface area contributed by atoms with E-state index < -0.39 is 21.8 Å². The summed E-state index contributed by atoms with van der Waals surface area (Å²) >= 11 is 0. The van der Waals surface area contributed by atoms with Crippen LogP contribution in [0.4, 0.5) is 13.2 Å². The Morgan fingerprint density at radius 3 is 2.26 bits per heavy atom. The number of hydrogen-bond acceptors (Lipinski definition) is 3. The van der Waals surface area contributed by atoms with Gasteiger partial charge in [0, 0.05) is 32.7 Å². The van der Waals surface area contributed by atoms with Crippen LogP contribution < -0.4 is 0 Å². The molecule has 8 heteroatoms. The molecule has 27 heavy (non-hydrogen) atoms. The molecule has 1 fully saturated rings. The predicted molar refractivity (Wildman–Crippen MR) is 96.7 cm³/mol. The molecule has 1 heterocycles. The zero-order chi connectivity index (χ0) is 19.7. The summed E-state index contributed by atoms with van der Waals surface area (Å²) in [5.74, 6) is 0. The first-order valence-corrected chi connectivity index (χ1v) is 10.1. The van der Waals surface area contributed by atoms with E-state index >= 15 is 0 Å². The van der Waals surface area contributed by atoms with E-state index in [1.807, 2.05) is 31.2 Å². The van der Waals surface area contributed by atoms with Gasteiger partial charge in [0.2, 0.25) is 10.0 Å². The van der Waals surface area contributed by atoms with Crippen molar-refractivity contribution in [3.8, 4) is 0 Å². The van der Waals surface area contributed by atoms with Gasteiger partial charge in [-0.2, -0.15) is 17.5 Å². The number of benzene rings is 2. The molecular formula is C19H21F3N2O2S. The molecule has 2 aromatic carbocycles. The van der Waals surface area contributed by atoms with Gasteiger partial charge < -0.3 is 0 Å². The largest absolute Gasteiger partial charge is 0.416 e. The summed E-state index contributed by atoms with van der Waals surface area (Å²) in [4.78, 5) is 1.84. The topological polar surface area (TPSA) is 40.6 Å². The lowest BCUT2D eigenvalue weighted by atomic mass is 10.1. The fraction of sp³-hybridized carbons (Fsp3) is 0.368. The van der Waals surface area contributed by atoms with E-state index in [9.17, 15) is 21.6 Å². The minimum absolute atomic E-state index is 0.254. The smallest absolute Gasteiger partial charge is 0.296 e. The minimum atomic E-state index is -4.57. The van der Waals surface area contributed by atoms with Gasteiger partial charge in [-0.15, -0.1) is 0 Å². The Labute approximate surface area is 157 Å². The summed E-state index contributed by atoms with van der Waals surface area (Å²) in [7, 11) is -3.94. The van der Waals surface area contributed by atoms with Crippen LogP contribution in [0.3, 0.4) is 0 Å². The van der Waals surface area contributed by atoms with Crippen LogP contribution in [0.25, 0.3) is 0 Å².